The molecule has 0 atom stereocenters. The summed E-state index contributed by atoms with van der Waals surface area (Å²) in [6.07, 6.45) is 0.808. The van der Waals surface area contributed by atoms with Crippen molar-refractivity contribution in [1.82, 2.24) is 0 Å². The molecule has 0 aliphatic heterocycles. The van der Waals surface area contributed by atoms with Gasteiger partial charge in [0.2, 0.25) is 0 Å². The number of methoxy groups -OCH3 is 1. The molecule has 0 aromatic heterocycles. The zero-order valence-corrected chi connectivity index (χ0v) is 12.3. The highest BCUT2D eigenvalue weighted by Gasteiger charge is 2.04. The second-order valence-corrected chi connectivity index (χ2v) is 5.63. The quantitative estimate of drug-likeness (QED) is 0.905. The number of hydrogen-bond donors (Lipinski definition) is 1. The Morgan fingerprint density at radius 2 is 1.95 bits per heavy atom. The Morgan fingerprint density at radius 3 is 2.63 bits per heavy atom. The summed E-state index contributed by atoms with van der Waals surface area (Å²) in [6, 6.07) is 14.1. The zero-order valence-electron chi connectivity index (χ0n) is 10.7. The van der Waals surface area contributed by atoms with Crippen LogP contribution in [0.3, 0.4) is 0 Å². The molecule has 4 heteroatoms. The third-order valence-electron chi connectivity index (χ3n) is 2.72. The molecule has 0 heterocycles. The first kappa shape index (κ1) is 14.3. The monoisotopic (exact) mass is 293 g/mol. The van der Waals surface area contributed by atoms with Crippen LogP contribution in [-0.2, 0) is 6.42 Å². The standard InChI is InChI=1S/C15H16ClNOS/c1-18-12-3-2-4-13(9-12)19-14-6-5-11(7-8-17)15(16)10-14/h2-6,9-10H,7-8,17H2,1H3. The predicted molar refractivity (Wildman–Crippen MR) is 81.3 cm³/mol. The summed E-state index contributed by atoms with van der Waals surface area (Å²) in [5, 5.41) is 0.776. The number of rotatable bonds is 5. The van der Waals surface area contributed by atoms with Gasteiger partial charge in [0.25, 0.3) is 0 Å². The zero-order chi connectivity index (χ0) is 13.7. The first-order chi connectivity index (χ1) is 9.22. The smallest absolute Gasteiger partial charge is 0.119 e. The fourth-order valence-corrected chi connectivity index (χ4v) is 3.00. The maximum Gasteiger partial charge on any atom is 0.119 e. The van der Waals surface area contributed by atoms with Crippen molar-refractivity contribution in [2.45, 2.75) is 16.2 Å². The summed E-state index contributed by atoms with van der Waals surface area (Å²) >= 11 is 7.90. The van der Waals surface area contributed by atoms with E-state index in [-0.39, 0.29) is 0 Å². The lowest BCUT2D eigenvalue weighted by atomic mass is 10.1. The molecule has 0 aliphatic carbocycles. The lowest BCUT2D eigenvalue weighted by Crippen LogP contribution is -2.02. The van der Waals surface area contributed by atoms with Crippen LogP contribution < -0.4 is 10.5 Å². The predicted octanol–water partition coefficient (Wildman–Crippen LogP) is 4.00. The van der Waals surface area contributed by atoms with Crippen LogP contribution in [0.15, 0.2) is 52.3 Å². The average molecular weight is 294 g/mol. The Bertz CT molecular complexity index is 560. The molecular weight excluding hydrogens is 278 g/mol. The highest BCUT2D eigenvalue weighted by Crippen LogP contribution is 2.32. The van der Waals surface area contributed by atoms with Crippen LogP contribution in [-0.4, -0.2) is 13.7 Å². The van der Waals surface area contributed by atoms with Gasteiger partial charge in [0, 0.05) is 14.8 Å². The summed E-state index contributed by atoms with van der Waals surface area (Å²) in [5.74, 6) is 0.857. The van der Waals surface area contributed by atoms with E-state index in [1.807, 2.05) is 30.3 Å². The van der Waals surface area contributed by atoms with Gasteiger partial charge in [-0.1, -0.05) is 35.5 Å². The number of benzene rings is 2. The van der Waals surface area contributed by atoms with Crippen molar-refractivity contribution in [3.63, 3.8) is 0 Å². The van der Waals surface area contributed by atoms with E-state index < -0.39 is 0 Å². The van der Waals surface area contributed by atoms with Gasteiger partial charge in [-0.05, 0) is 48.9 Å². The SMILES string of the molecule is COc1cccc(Sc2ccc(CCN)c(Cl)c2)c1. The molecule has 19 heavy (non-hydrogen) atoms. The van der Waals surface area contributed by atoms with Gasteiger partial charge in [0.05, 0.1) is 7.11 Å². The molecule has 0 radical (unpaired) electrons. The van der Waals surface area contributed by atoms with Crippen LogP contribution in [0.5, 0.6) is 5.75 Å². The fraction of sp³-hybridized carbons (Fsp3) is 0.200. The van der Waals surface area contributed by atoms with Crippen LogP contribution in [0.1, 0.15) is 5.56 Å². The van der Waals surface area contributed by atoms with Crippen molar-refractivity contribution in [3.05, 3.63) is 53.1 Å². The number of nitrogens with two attached hydrogens (primary N) is 1. The molecule has 100 valence electrons. The maximum atomic E-state index is 6.24. The summed E-state index contributed by atoms with van der Waals surface area (Å²) in [6.45, 7) is 0.613. The fourth-order valence-electron chi connectivity index (χ4n) is 1.75. The molecule has 0 unspecified atom stereocenters. The van der Waals surface area contributed by atoms with E-state index in [2.05, 4.69) is 12.1 Å². The van der Waals surface area contributed by atoms with E-state index in [9.17, 15) is 0 Å². The van der Waals surface area contributed by atoms with Gasteiger partial charge in [-0.25, -0.2) is 0 Å². The van der Waals surface area contributed by atoms with E-state index in [0.717, 1.165) is 32.5 Å². The second-order valence-electron chi connectivity index (χ2n) is 4.07. The van der Waals surface area contributed by atoms with Gasteiger partial charge in [0.1, 0.15) is 5.75 Å². The van der Waals surface area contributed by atoms with Gasteiger partial charge in [-0.3, -0.25) is 0 Å². The van der Waals surface area contributed by atoms with E-state index >= 15 is 0 Å². The summed E-state index contributed by atoms with van der Waals surface area (Å²) in [7, 11) is 1.67. The van der Waals surface area contributed by atoms with Crippen molar-refractivity contribution in [2.75, 3.05) is 13.7 Å². The van der Waals surface area contributed by atoms with Crippen LogP contribution >= 0.6 is 23.4 Å². The van der Waals surface area contributed by atoms with E-state index in [0.29, 0.717) is 6.54 Å². The van der Waals surface area contributed by atoms with Gasteiger partial charge in [0.15, 0.2) is 0 Å². The molecule has 0 aliphatic rings. The average Bonchev–Trinajstić information content (AvgIpc) is 2.42. The summed E-state index contributed by atoms with van der Waals surface area (Å²) < 4.78 is 5.21. The van der Waals surface area contributed by atoms with Crippen molar-refractivity contribution in [1.29, 1.82) is 0 Å². The van der Waals surface area contributed by atoms with Gasteiger partial charge >= 0.3 is 0 Å². The Morgan fingerprint density at radius 1 is 1.16 bits per heavy atom. The van der Waals surface area contributed by atoms with Gasteiger partial charge in [-0.15, -0.1) is 0 Å². The van der Waals surface area contributed by atoms with Crippen molar-refractivity contribution < 1.29 is 4.74 Å². The molecule has 0 amide bonds. The molecule has 2 rings (SSSR count). The van der Waals surface area contributed by atoms with Crippen LogP contribution in [0.2, 0.25) is 5.02 Å². The van der Waals surface area contributed by atoms with Crippen LogP contribution in [0, 0.1) is 0 Å². The summed E-state index contributed by atoms with van der Waals surface area (Å²) in [5.41, 5.74) is 6.64. The minimum atomic E-state index is 0.613. The Labute approximate surface area is 122 Å². The van der Waals surface area contributed by atoms with Gasteiger partial charge in [-0.2, -0.15) is 0 Å². The Balaban J connectivity index is 2.16. The molecular formula is C15H16ClNOS. The van der Waals surface area contributed by atoms with E-state index in [4.69, 9.17) is 22.1 Å². The Hall–Kier alpha value is -1.16. The second kappa shape index (κ2) is 6.85. The van der Waals surface area contributed by atoms with Crippen molar-refractivity contribution in [3.8, 4) is 5.75 Å². The molecule has 0 fully saturated rings. The summed E-state index contributed by atoms with van der Waals surface area (Å²) in [4.78, 5) is 2.24. The maximum absolute atomic E-state index is 6.24. The molecule has 0 saturated carbocycles. The lowest BCUT2D eigenvalue weighted by molar-refractivity contribution is 0.413. The van der Waals surface area contributed by atoms with Crippen LogP contribution in [0.4, 0.5) is 0 Å². The molecule has 2 aromatic carbocycles. The molecule has 2 N–H and O–H groups in total. The molecule has 2 nitrogen and oxygen atoms in total. The minimum absolute atomic E-state index is 0.613. The van der Waals surface area contributed by atoms with Gasteiger partial charge < -0.3 is 10.5 Å². The number of hydrogen-bond acceptors (Lipinski definition) is 3. The lowest BCUT2D eigenvalue weighted by Gasteiger charge is -2.07. The normalized spacial score (nSPS) is 10.5. The number of halogens is 1. The van der Waals surface area contributed by atoms with Crippen molar-refractivity contribution in [2.24, 2.45) is 5.73 Å². The van der Waals surface area contributed by atoms with Crippen molar-refractivity contribution >= 4 is 23.4 Å². The molecule has 0 spiro atoms. The molecule has 0 saturated heterocycles. The molecule has 2 aromatic rings. The third-order valence-corrected chi connectivity index (χ3v) is 4.05. The van der Waals surface area contributed by atoms with E-state index in [1.54, 1.807) is 18.9 Å². The highest BCUT2D eigenvalue weighted by atomic mass is 35.5. The number of ether oxygens (including phenoxy) is 1. The van der Waals surface area contributed by atoms with Crippen LogP contribution in [0.25, 0.3) is 0 Å². The Kier molecular flexibility index (Phi) is 5.14. The first-order valence-corrected chi connectivity index (χ1v) is 7.23. The molecule has 0 bridgehead atoms. The largest absolute Gasteiger partial charge is 0.497 e. The van der Waals surface area contributed by atoms with E-state index in [1.165, 1.54) is 0 Å². The topological polar surface area (TPSA) is 35.2 Å². The first-order valence-electron chi connectivity index (χ1n) is 6.03. The highest BCUT2D eigenvalue weighted by molar-refractivity contribution is 7.99. The minimum Gasteiger partial charge on any atom is -0.497 e. The third kappa shape index (κ3) is 3.90.